The minimum Gasteiger partial charge on any atom is -0.321 e. The number of carbonyl (C=O) groups is 1. The lowest BCUT2D eigenvalue weighted by Gasteiger charge is -2.19. The molecular formula is C25H21BrN6O2. The first-order valence-electron chi connectivity index (χ1n) is 10.4. The fourth-order valence-electron chi connectivity index (χ4n) is 3.45. The fourth-order valence-corrected chi connectivity index (χ4v) is 3.71. The summed E-state index contributed by atoms with van der Waals surface area (Å²) in [4.78, 5) is 32.3. The first-order valence-corrected chi connectivity index (χ1v) is 11.2. The number of rotatable bonds is 4. The molecule has 0 radical (unpaired) electrons. The molecule has 0 fully saturated rings. The minimum absolute atomic E-state index is 0.0316. The molecule has 0 bridgehead atoms. The molecule has 2 heterocycles. The first-order chi connectivity index (χ1) is 16.2. The number of hydrogen-bond acceptors (Lipinski definition) is 5. The van der Waals surface area contributed by atoms with Crippen LogP contribution in [0, 0.1) is 11.3 Å². The normalized spacial score (nSPS) is 11.9. The quantitative estimate of drug-likeness (QED) is 0.297. The Morgan fingerprint density at radius 1 is 1.21 bits per heavy atom. The number of benzene rings is 2. The number of halogens is 1. The fraction of sp³-hybridized carbons (Fsp3) is 0.160. The van der Waals surface area contributed by atoms with Gasteiger partial charge in [0.1, 0.15) is 22.7 Å². The topological polar surface area (TPSA) is 116 Å². The molecule has 1 amide bonds. The third-order valence-corrected chi connectivity index (χ3v) is 5.57. The summed E-state index contributed by atoms with van der Waals surface area (Å²) in [5.41, 5.74) is 2.05. The molecule has 0 spiro atoms. The number of nitrogens with zero attached hydrogens (tertiary/aromatic N) is 4. The van der Waals surface area contributed by atoms with Crippen molar-refractivity contribution in [1.82, 2.24) is 19.7 Å². The molecule has 0 atom stereocenters. The predicted molar refractivity (Wildman–Crippen MR) is 135 cm³/mol. The Kier molecular flexibility index (Phi) is 6.18. The first kappa shape index (κ1) is 23.1. The van der Waals surface area contributed by atoms with Crippen LogP contribution in [0.2, 0.25) is 0 Å². The Hall–Kier alpha value is -4.03. The summed E-state index contributed by atoms with van der Waals surface area (Å²) in [7, 11) is 0. The van der Waals surface area contributed by atoms with Crippen molar-refractivity contribution < 1.29 is 4.79 Å². The van der Waals surface area contributed by atoms with E-state index < -0.39 is 11.4 Å². The number of aromatic amines is 1. The van der Waals surface area contributed by atoms with Gasteiger partial charge in [0.05, 0.1) is 11.9 Å². The molecule has 0 saturated carbocycles. The van der Waals surface area contributed by atoms with Crippen molar-refractivity contribution in [3.05, 3.63) is 80.8 Å². The van der Waals surface area contributed by atoms with Gasteiger partial charge in [-0.25, -0.2) is 9.67 Å². The highest BCUT2D eigenvalue weighted by Crippen LogP contribution is 2.29. The van der Waals surface area contributed by atoms with Crippen molar-refractivity contribution in [1.29, 1.82) is 5.26 Å². The Labute approximate surface area is 204 Å². The van der Waals surface area contributed by atoms with Crippen LogP contribution in [0.25, 0.3) is 28.4 Å². The maximum Gasteiger partial charge on any atom is 0.266 e. The second kappa shape index (κ2) is 9.08. The lowest BCUT2D eigenvalue weighted by molar-refractivity contribution is -0.112. The molecule has 0 unspecified atom stereocenters. The summed E-state index contributed by atoms with van der Waals surface area (Å²) in [5.74, 6) is -0.535. The van der Waals surface area contributed by atoms with E-state index in [1.54, 1.807) is 41.1 Å². The van der Waals surface area contributed by atoms with Gasteiger partial charge in [0.25, 0.3) is 11.5 Å². The minimum atomic E-state index is -0.535. The van der Waals surface area contributed by atoms with Crippen LogP contribution >= 0.6 is 15.9 Å². The van der Waals surface area contributed by atoms with E-state index >= 15 is 0 Å². The van der Waals surface area contributed by atoms with E-state index in [-0.39, 0.29) is 11.1 Å². The van der Waals surface area contributed by atoms with Crippen LogP contribution in [0.1, 0.15) is 26.3 Å². The number of anilines is 1. The molecule has 170 valence electrons. The second-order valence-electron chi connectivity index (χ2n) is 8.62. The highest BCUT2D eigenvalue weighted by Gasteiger charge is 2.24. The van der Waals surface area contributed by atoms with Crippen molar-refractivity contribution in [3.63, 3.8) is 0 Å². The molecule has 2 N–H and O–H groups in total. The highest BCUT2D eigenvalue weighted by molar-refractivity contribution is 9.10. The zero-order valence-electron chi connectivity index (χ0n) is 18.8. The molecular weight excluding hydrogens is 496 g/mol. The molecule has 8 nitrogen and oxygen atoms in total. The molecule has 34 heavy (non-hydrogen) atoms. The predicted octanol–water partition coefficient (Wildman–Crippen LogP) is 4.85. The molecule has 4 rings (SSSR count). The van der Waals surface area contributed by atoms with Crippen LogP contribution in [0.3, 0.4) is 0 Å². The number of H-pyrrole nitrogens is 1. The van der Waals surface area contributed by atoms with Crippen LogP contribution in [-0.2, 0) is 10.3 Å². The molecule has 4 aromatic rings. The number of amides is 1. The van der Waals surface area contributed by atoms with Gasteiger partial charge in [-0.15, -0.1) is 0 Å². The number of nitriles is 1. The summed E-state index contributed by atoms with van der Waals surface area (Å²) in [6, 6.07) is 16.2. The maximum atomic E-state index is 12.8. The number of nitrogens with one attached hydrogen (secondary N) is 2. The van der Waals surface area contributed by atoms with Gasteiger partial charge < -0.3 is 10.3 Å². The number of hydrogen-bond donors (Lipinski definition) is 2. The van der Waals surface area contributed by atoms with Crippen molar-refractivity contribution in [2.24, 2.45) is 0 Å². The van der Waals surface area contributed by atoms with Crippen molar-refractivity contribution in [3.8, 4) is 17.3 Å². The summed E-state index contributed by atoms with van der Waals surface area (Å²) < 4.78 is 2.62. The van der Waals surface area contributed by atoms with Gasteiger partial charge in [-0.2, -0.15) is 10.4 Å². The van der Waals surface area contributed by atoms with Gasteiger partial charge >= 0.3 is 0 Å². The van der Waals surface area contributed by atoms with E-state index in [4.69, 9.17) is 0 Å². The van der Waals surface area contributed by atoms with E-state index in [2.05, 4.69) is 36.3 Å². The van der Waals surface area contributed by atoms with E-state index in [0.717, 1.165) is 10.0 Å². The third-order valence-electron chi connectivity index (χ3n) is 5.05. The SMILES string of the molecule is CC(C)(C)n1nc(-c2cccc(NC(=O)/C(C#N)=C/c3ccc(Br)cc3)c2)c2c(=O)[nH]cnc21. The monoisotopic (exact) mass is 516 g/mol. The van der Waals surface area contributed by atoms with Crippen molar-refractivity contribution >= 4 is 44.6 Å². The van der Waals surface area contributed by atoms with Crippen LogP contribution in [0.15, 0.2) is 69.7 Å². The smallest absolute Gasteiger partial charge is 0.266 e. The third kappa shape index (κ3) is 4.67. The van der Waals surface area contributed by atoms with Crippen molar-refractivity contribution in [2.45, 2.75) is 26.3 Å². The van der Waals surface area contributed by atoms with Crippen LogP contribution in [0.4, 0.5) is 5.69 Å². The van der Waals surface area contributed by atoms with E-state index in [1.165, 1.54) is 12.4 Å². The highest BCUT2D eigenvalue weighted by atomic mass is 79.9. The standard InChI is InChI=1S/C25H21BrN6O2/c1-25(2,3)32-22-20(24(34)29-14-28-22)21(31-32)16-5-4-6-19(12-16)30-23(33)17(13-27)11-15-7-9-18(26)10-8-15/h4-12,14H,1-3H3,(H,30,33)(H,28,29,34)/b17-11+. The van der Waals surface area contributed by atoms with Gasteiger partial charge in [0.2, 0.25) is 0 Å². The van der Waals surface area contributed by atoms with Crippen LogP contribution in [0.5, 0.6) is 0 Å². The Morgan fingerprint density at radius 2 is 1.94 bits per heavy atom. The molecule has 0 aliphatic rings. The summed E-state index contributed by atoms with van der Waals surface area (Å²) in [6.07, 6.45) is 2.88. The Morgan fingerprint density at radius 3 is 2.62 bits per heavy atom. The van der Waals surface area contributed by atoms with E-state index in [1.807, 2.05) is 39.0 Å². The lowest BCUT2D eigenvalue weighted by atomic mass is 10.1. The average molecular weight is 517 g/mol. The Bertz CT molecular complexity index is 1520. The second-order valence-corrected chi connectivity index (χ2v) is 9.53. The number of fused-ring (bicyclic) bond motifs is 1. The molecule has 0 aliphatic heterocycles. The van der Waals surface area contributed by atoms with E-state index in [9.17, 15) is 14.9 Å². The number of carbonyl (C=O) groups excluding carboxylic acids is 1. The molecule has 0 aliphatic carbocycles. The van der Waals surface area contributed by atoms with Crippen LogP contribution in [-0.4, -0.2) is 25.7 Å². The summed E-state index contributed by atoms with van der Waals surface area (Å²) in [6.45, 7) is 5.93. The zero-order valence-corrected chi connectivity index (χ0v) is 20.3. The zero-order chi connectivity index (χ0) is 24.5. The van der Waals surface area contributed by atoms with Crippen LogP contribution < -0.4 is 10.9 Å². The van der Waals surface area contributed by atoms with Crippen molar-refractivity contribution in [2.75, 3.05) is 5.32 Å². The maximum absolute atomic E-state index is 12.8. The number of aromatic nitrogens is 4. The van der Waals surface area contributed by atoms with Gasteiger partial charge in [-0.3, -0.25) is 9.59 Å². The van der Waals surface area contributed by atoms with Gasteiger partial charge in [-0.05, 0) is 56.7 Å². The summed E-state index contributed by atoms with van der Waals surface area (Å²) >= 11 is 3.36. The van der Waals surface area contributed by atoms with E-state index in [0.29, 0.717) is 28.0 Å². The molecule has 2 aromatic heterocycles. The lowest BCUT2D eigenvalue weighted by Crippen LogP contribution is -2.23. The molecule has 0 saturated heterocycles. The van der Waals surface area contributed by atoms with Gasteiger partial charge in [0, 0.05) is 15.7 Å². The Balaban J connectivity index is 1.70. The average Bonchev–Trinajstić information content (AvgIpc) is 3.20. The molecule has 2 aromatic carbocycles. The van der Waals surface area contributed by atoms with Gasteiger partial charge in [0.15, 0.2) is 5.65 Å². The largest absolute Gasteiger partial charge is 0.321 e. The van der Waals surface area contributed by atoms with Gasteiger partial charge in [-0.1, -0.05) is 40.2 Å². The summed E-state index contributed by atoms with van der Waals surface area (Å²) in [5, 5.41) is 17.3. The molecule has 9 heteroatoms.